The molecule has 0 unspecified atom stereocenters. The van der Waals surface area contributed by atoms with Gasteiger partial charge in [0.25, 0.3) is 0 Å². The Kier molecular flexibility index (Phi) is 11.1. The molecule has 31 heavy (non-hydrogen) atoms. The van der Waals surface area contributed by atoms with Crippen molar-refractivity contribution in [2.45, 2.75) is 53.4 Å². The molecule has 1 aromatic heterocycles. The third-order valence-corrected chi connectivity index (χ3v) is 4.31. The van der Waals surface area contributed by atoms with Gasteiger partial charge in [-0.3, -0.25) is 4.68 Å². The molecule has 1 aromatic carbocycles. The Morgan fingerprint density at radius 2 is 1.90 bits per heavy atom. The highest BCUT2D eigenvalue weighted by Crippen LogP contribution is 2.24. The van der Waals surface area contributed by atoms with Gasteiger partial charge in [0.2, 0.25) is 0 Å². The largest absolute Gasteiger partial charge is 0.484 e. The Hall–Kier alpha value is -1.98. The van der Waals surface area contributed by atoms with Crippen molar-refractivity contribution < 1.29 is 17.9 Å². The van der Waals surface area contributed by atoms with Crippen LogP contribution >= 0.6 is 24.0 Å². The van der Waals surface area contributed by atoms with Crippen LogP contribution in [0, 0.1) is 20.8 Å². The molecule has 0 saturated carbocycles. The highest BCUT2D eigenvalue weighted by Gasteiger charge is 2.28. The number of aliphatic imine (C=N–C) groups is 1. The van der Waals surface area contributed by atoms with Crippen molar-refractivity contribution in [3.63, 3.8) is 0 Å². The molecule has 0 aliphatic carbocycles. The van der Waals surface area contributed by atoms with Gasteiger partial charge in [0.15, 0.2) is 12.6 Å². The van der Waals surface area contributed by atoms with E-state index in [1.807, 2.05) is 44.5 Å². The molecule has 0 fully saturated rings. The summed E-state index contributed by atoms with van der Waals surface area (Å²) in [5.41, 5.74) is 3.55. The van der Waals surface area contributed by atoms with Gasteiger partial charge >= 0.3 is 6.18 Å². The second kappa shape index (κ2) is 12.8. The van der Waals surface area contributed by atoms with Crippen molar-refractivity contribution in [3.05, 3.63) is 46.8 Å². The van der Waals surface area contributed by atoms with Gasteiger partial charge in [-0.2, -0.15) is 18.3 Å². The van der Waals surface area contributed by atoms with Crippen LogP contribution in [0.3, 0.4) is 0 Å². The number of aromatic nitrogens is 2. The fourth-order valence-corrected chi connectivity index (χ4v) is 2.93. The first-order chi connectivity index (χ1) is 14.2. The van der Waals surface area contributed by atoms with Crippen LogP contribution in [0.1, 0.15) is 35.9 Å². The van der Waals surface area contributed by atoms with Gasteiger partial charge in [0.05, 0.1) is 12.2 Å². The molecule has 0 aliphatic rings. The average Bonchev–Trinajstić information content (AvgIpc) is 2.99. The van der Waals surface area contributed by atoms with Crippen LogP contribution in [0.5, 0.6) is 5.75 Å². The van der Waals surface area contributed by atoms with Crippen LogP contribution in [0.25, 0.3) is 0 Å². The highest BCUT2D eigenvalue weighted by molar-refractivity contribution is 14.0. The lowest BCUT2D eigenvalue weighted by molar-refractivity contribution is -0.153. The van der Waals surface area contributed by atoms with Crippen LogP contribution in [0.4, 0.5) is 13.2 Å². The minimum Gasteiger partial charge on any atom is -0.484 e. The van der Waals surface area contributed by atoms with Gasteiger partial charge in [-0.1, -0.05) is 12.1 Å². The molecule has 0 bridgehead atoms. The summed E-state index contributed by atoms with van der Waals surface area (Å²) in [6.07, 6.45) is -3.52. The smallest absolute Gasteiger partial charge is 0.422 e. The van der Waals surface area contributed by atoms with Gasteiger partial charge in [-0.25, -0.2) is 4.99 Å². The summed E-state index contributed by atoms with van der Waals surface area (Å²) in [5.74, 6) is 0.810. The van der Waals surface area contributed by atoms with E-state index in [-0.39, 0.29) is 36.3 Å². The maximum atomic E-state index is 12.5. The van der Waals surface area contributed by atoms with Crippen molar-refractivity contribution in [2.24, 2.45) is 4.99 Å². The molecular formula is C21H31F3IN5O. The molecule has 174 valence electrons. The molecule has 0 saturated heterocycles. The number of benzene rings is 1. The maximum Gasteiger partial charge on any atom is 0.422 e. The molecule has 6 nitrogen and oxygen atoms in total. The number of ether oxygens (including phenoxy) is 1. The number of aryl methyl sites for hydroxylation is 4. The second-order valence-electron chi connectivity index (χ2n) is 7.14. The van der Waals surface area contributed by atoms with E-state index in [0.29, 0.717) is 24.6 Å². The fourth-order valence-electron chi connectivity index (χ4n) is 2.93. The molecule has 2 aromatic rings. The van der Waals surface area contributed by atoms with Gasteiger partial charge in [-0.05, 0) is 51.8 Å². The summed E-state index contributed by atoms with van der Waals surface area (Å²) in [5, 5.41) is 10.8. The van der Waals surface area contributed by atoms with Gasteiger partial charge in [0, 0.05) is 30.9 Å². The van der Waals surface area contributed by atoms with E-state index < -0.39 is 12.8 Å². The minimum atomic E-state index is -4.38. The zero-order chi connectivity index (χ0) is 22.1. The zero-order valence-corrected chi connectivity index (χ0v) is 20.7. The molecule has 0 spiro atoms. The summed E-state index contributed by atoms with van der Waals surface area (Å²) in [4.78, 5) is 4.50. The summed E-state index contributed by atoms with van der Waals surface area (Å²) >= 11 is 0. The lowest BCUT2D eigenvalue weighted by Crippen LogP contribution is -2.38. The number of guanidine groups is 1. The summed E-state index contributed by atoms with van der Waals surface area (Å²) in [6, 6.07) is 7.22. The predicted octanol–water partition coefficient (Wildman–Crippen LogP) is 4.51. The number of alkyl halides is 3. The molecular weight excluding hydrogens is 522 g/mol. The molecule has 0 aliphatic heterocycles. The van der Waals surface area contributed by atoms with Crippen LogP contribution < -0.4 is 15.4 Å². The summed E-state index contributed by atoms with van der Waals surface area (Å²) in [7, 11) is 0. The normalized spacial score (nSPS) is 11.8. The molecule has 0 atom stereocenters. The van der Waals surface area contributed by atoms with Gasteiger partial charge < -0.3 is 15.4 Å². The summed E-state index contributed by atoms with van der Waals surface area (Å²) in [6.45, 7) is 8.80. The van der Waals surface area contributed by atoms with Crippen LogP contribution in [0.2, 0.25) is 0 Å². The number of rotatable bonds is 9. The Bertz CT molecular complexity index is 852. The monoisotopic (exact) mass is 553 g/mol. The number of hydrogen-bond acceptors (Lipinski definition) is 3. The van der Waals surface area contributed by atoms with E-state index >= 15 is 0 Å². The Labute approximate surface area is 198 Å². The van der Waals surface area contributed by atoms with E-state index in [9.17, 15) is 13.2 Å². The van der Waals surface area contributed by atoms with E-state index in [1.54, 1.807) is 12.1 Å². The van der Waals surface area contributed by atoms with Crippen molar-refractivity contribution in [3.8, 4) is 5.75 Å². The van der Waals surface area contributed by atoms with Crippen molar-refractivity contribution in [1.82, 2.24) is 20.4 Å². The summed E-state index contributed by atoms with van der Waals surface area (Å²) < 4.78 is 44.6. The number of hydrogen-bond donors (Lipinski definition) is 2. The molecule has 10 heteroatoms. The maximum absolute atomic E-state index is 12.5. The Balaban J connectivity index is 0.00000480. The van der Waals surface area contributed by atoms with Crippen LogP contribution in [-0.2, 0) is 13.1 Å². The molecule has 2 rings (SSSR count). The number of halogens is 4. The molecule has 2 N–H and O–H groups in total. The first kappa shape index (κ1) is 27.1. The lowest BCUT2D eigenvalue weighted by Gasteiger charge is -2.14. The molecule has 0 radical (unpaired) electrons. The van der Waals surface area contributed by atoms with E-state index in [1.165, 1.54) is 0 Å². The second-order valence-corrected chi connectivity index (χ2v) is 7.14. The van der Waals surface area contributed by atoms with Crippen molar-refractivity contribution in [1.29, 1.82) is 0 Å². The first-order valence-electron chi connectivity index (χ1n) is 10.00. The Morgan fingerprint density at radius 1 is 1.16 bits per heavy atom. The third kappa shape index (κ3) is 9.79. The van der Waals surface area contributed by atoms with Gasteiger partial charge in [-0.15, -0.1) is 24.0 Å². The highest BCUT2D eigenvalue weighted by atomic mass is 127. The van der Waals surface area contributed by atoms with Crippen molar-refractivity contribution in [2.75, 3.05) is 19.7 Å². The molecule has 1 heterocycles. The number of nitrogens with one attached hydrogen (secondary N) is 2. The van der Waals surface area contributed by atoms with E-state index in [4.69, 9.17) is 4.74 Å². The SMILES string of the molecule is CCNC(=NCc1ccc(C)cc1OCC(F)(F)F)NCCCn1nc(C)cc1C.I. The minimum absolute atomic E-state index is 0. The van der Waals surface area contributed by atoms with E-state index in [0.717, 1.165) is 29.9 Å². The van der Waals surface area contributed by atoms with E-state index in [2.05, 4.69) is 20.7 Å². The predicted molar refractivity (Wildman–Crippen MR) is 127 cm³/mol. The Morgan fingerprint density at radius 3 is 2.52 bits per heavy atom. The van der Waals surface area contributed by atoms with Gasteiger partial charge in [0.1, 0.15) is 5.75 Å². The zero-order valence-electron chi connectivity index (χ0n) is 18.3. The first-order valence-corrected chi connectivity index (χ1v) is 10.00. The lowest BCUT2D eigenvalue weighted by atomic mass is 10.1. The topological polar surface area (TPSA) is 63.5 Å². The average molecular weight is 553 g/mol. The fraction of sp³-hybridized carbons (Fsp3) is 0.524. The number of nitrogens with zero attached hydrogens (tertiary/aromatic N) is 3. The van der Waals surface area contributed by atoms with Crippen LogP contribution in [-0.4, -0.2) is 41.6 Å². The quantitative estimate of drug-likeness (QED) is 0.208. The van der Waals surface area contributed by atoms with Crippen molar-refractivity contribution >= 4 is 29.9 Å². The third-order valence-electron chi connectivity index (χ3n) is 4.31. The molecule has 0 amide bonds. The standard InChI is InChI=1S/C21H30F3N5O.HI/c1-5-25-20(26-9-6-10-29-17(4)12-16(3)28-29)27-13-18-8-7-15(2)11-19(18)30-14-21(22,23)24;/h7-8,11-12H,5-6,9-10,13-14H2,1-4H3,(H2,25,26,27);1H. The van der Waals surface area contributed by atoms with Crippen LogP contribution in [0.15, 0.2) is 29.3 Å².